The molecule has 1 N–H and O–H groups in total. The number of methoxy groups -OCH3 is 1. The summed E-state index contributed by atoms with van der Waals surface area (Å²) in [7, 11) is 1.57. The average molecular weight is 332 g/mol. The Labute approximate surface area is 140 Å². The number of nitrogens with zero attached hydrogens (tertiary/aromatic N) is 1. The molecule has 0 aliphatic carbocycles. The first-order chi connectivity index (χ1) is 11.6. The fourth-order valence-corrected chi connectivity index (χ4v) is 2.10. The third kappa shape index (κ3) is 4.94. The number of benzene rings is 1. The van der Waals surface area contributed by atoms with Crippen LogP contribution < -0.4 is 14.8 Å². The minimum absolute atomic E-state index is 0.231. The summed E-state index contributed by atoms with van der Waals surface area (Å²) < 4.78 is 24.0. The van der Waals surface area contributed by atoms with Crippen molar-refractivity contribution in [3.8, 4) is 11.5 Å². The van der Waals surface area contributed by atoms with Gasteiger partial charge in [-0.05, 0) is 30.2 Å². The maximum absolute atomic E-state index is 13.0. The van der Waals surface area contributed by atoms with Gasteiger partial charge in [-0.1, -0.05) is 19.4 Å². The minimum Gasteiger partial charge on any atom is -0.493 e. The molecule has 1 amide bonds. The first kappa shape index (κ1) is 17.7. The zero-order valence-corrected chi connectivity index (χ0v) is 13.8. The van der Waals surface area contributed by atoms with Gasteiger partial charge in [0.25, 0.3) is 5.91 Å². The van der Waals surface area contributed by atoms with Crippen LogP contribution in [0.5, 0.6) is 11.5 Å². The molecule has 0 unspecified atom stereocenters. The summed E-state index contributed by atoms with van der Waals surface area (Å²) in [4.78, 5) is 15.4. The third-order valence-electron chi connectivity index (χ3n) is 3.43. The lowest BCUT2D eigenvalue weighted by atomic mass is 10.2. The molecule has 0 spiro atoms. The topological polar surface area (TPSA) is 60.5 Å². The van der Waals surface area contributed by atoms with Crippen LogP contribution in [-0.4, -0.2) is 24.6 Å². The Morgan fingerprint density at radius 2 is 2.08 bits per heavy atom. The Hall–Kier alpha value is -2.63. The largest absolute Gasteiger partial charge is 0.493 e. The Kier molecular flexibility index (Phi) is 6.54. The number of rotatable bonds is 8. The highest BCUT2D eigenvalue weighted by molar-refractivity contribution is 5.93. The molecule has 1 heterocycles. The van der Waals surface area contributed by atoms with Crippen molar-refractivity contribution in [2.24, 2.45) is 0 Å². The second-order valence-corrected chi connectivity index (χ2v) is 5.24. The number of amides is 1. The predicted octanol–water partition coefficient (Wildman–Crippen LogP) is 3.34. The van der Waals surface area contributed by atoms with Crippen molar-refractivity contribution in [2.45, 2.75) is 26.3 Å². The summed E-state index contributed by atoms with van der Waals surface area (Å²) in [6.45, 7) is 3.03. The van der Waals surface area contributed by atoms with Crippen LogP contribution in [0, 0.1) is 5.95 Å². The summed E-state index contributed by atoms with van der Waals surface area (Å²) >= 11 is 0. The van der Waals surface area contributed by atoms with Crippen molar-refractivity contribution in [1.82, 2.24) is 10.3 Å². The quantitative estimate of drug-likeness (QED) is 0.595. The van der Waals surface area contributed by atoms with Crippen LogP contribution in [0.4, 0.5) is 4.39 Å². The van der Waals surface area contributed by atoms with E-state index in [9.17, 15) is 9.18 Å². The van der Waals surface area contributed by atoms with Gasteiger partial charge in [0.2, 0.25) is 5.95 Å². The minimum atomic E-state index is -0.682. The zero-order valence-electron chi connectivity index (χ0n) is 13.8. The summed E-state index contributed by atoms with van der Waals surface area (Å²) in [5.41, 5.74) is 1.09. The first-order valence-corrected chi connectivity index (χ1v) is 7.83. The van der Waals surface area contributed by atoms with E-state index in [1.165, 1.54) is 12.3 Å². The molecule has 0 bridgehead atoms. The van der Waals surface area contributed by atoms with Crippen molar-refractivity contribution in [1.29, 1.82) is 0 Å². The van der Waals surface area contributed by atoms with Gasteiger partial charge in [-0.15, -0.1) is 0 Å². The lowest BCUT2D eigenvalue weighted by molar-refractivity contribution is 0.0950. The van der Waals surface area contributed by atoms with E-state index in [0.717, 1.165) is 24.5 Å². The van der Waals surface area contributed by atoms with E-state index < -0.39 is 5.95 Å². The van der Waals surface area contributed by atoms with Gasteiger partial charge in [0.15, 0.2) is 11.5 Å². The summed E-state index contributed by atoms with van der Waals surface area (Å²) in [5.74, 6) is 0.251. The normalized spacial score (nSPS) is 10.3. The number of carbonyl (C=O) groups excluding carboxylic acids is 1. The highest BCUT2D eigenvalue weighted by Gasteiger charge is 2.09. The highest BCUT2D eigenvalue weighted by atomic mass is 19.1. The van der Waals surface area contributed by atoms with Crippen LogP contribution in [0.1, 0.15) is 35.7 Å². The highest BCUT2D eigenvalue weighted by Crippen LogP contribution is 2.28. The molecule has 128 valence electrons. The van der Waals surface area contributed by atoms with Crippen molar-refractivity contribution in [3.05, 3.63) is 53.6 Å². The summed E-state index contributed by atoms with van der Waals surface area (Å²) in [6, 6.07) is 8.05. The van der Waals surface area contributed by atoms with Crippen LogP contribution in [0.25, 0.3) is 0 Å². The van der Waals surface area contributed by atoms with E-state index in [1.807, 2.05) is 18.2 Å². The lowest BCUT2D eigenvalue weighted by Crippen LogP contribution is -2.23. The second-order valence-electron chi connectivity index (χ2n) is 5.24. The van der Waals surface area contributed by atoms with Gasteiger partial charge in [0.1, 0.15) is 0 Å². The lowest BCUT2D eigenvalue weighted by Gasteiger charge is -2.12. The zero-order chi connectivity index (χ0) is 17.4. The molecule has 1 aromatic carbocycles. The van der Waals surface area contributed by atoms with E-state index in [-0.39, 0.29) is 11.5 Å². The fourth-order valence-electron chi connectivity index (χ4n) is 2.10. The number of pyridine rings is 1. The SMILES string of the molecule is CCCCOc1ccc(CNC(=O)c2ccnc(F)c2)cc1OC. The Balaban J connectivity index is 1.98. The molecule has 0 radical (unpaired) electrons. The first-order valence-electron chi connectivity index (χ1n) is 7.83. The average Bonchev–Trinajstić information content (AvgIpc) is 2.60. The van der Waals surface area contributed by atoms with Crippen molar-refractivity contribution in [2.75, 3.05) is 13.7 Å². The van der Waals surface area contributed by atoms with Crippen LogP contribution in [0.3, 0.4) is 0 Å². The molecule has 2 rings (SSSR count). The number of ether oxygens (including phenoxy) is 2. The van der Waals surface area contributed by atoms with Crippen molar-refractivity contribution >= 4 is 5.91 Å². The number of nitrogens with one attached hydrogen (secondary N) is 1. The Bertz CT molecular complexity index is 692. The van der Waals surface area contributed by atoms with Crippen molar-refractivity contribution < 1.29 is 18.7 Å². The van der Waals surface area contributed by atoms with Gasteiger partial charge in [0.05, 0.1) is 13.7 Å². The van der Waals surface area contributed by atoms with Crippen molar-refractivity contribution in [3.63, 3.8) is 0 Å². The molecule has 0 fully saturated rings. The molecule has 2 aromatic rings. The van der Waals surface area contributed by atoms with Gasteiger partial charge in [0, 0.05) is 24.4 Å². The monoisotopic (exact) mass is 332 g/mol. The molecule has 5 nitrogen and oxygen atoms in total. The van der Waals surface area contributed by atoms with Crippen LogP contribution in [-0.2, 0) is 6.54 Å². The summed E-state index contributed by atoms with van der Waals surface area (Å²) in [5, 5.41) is 2.74. The molecule has 0 saturated heterocycles. The second kappa shape index (κ2) is 8.86. The molecule has 1 aromatic heterocycles. The smallest absolute Gasteiger partial charge is 0.251 e. The van der Waals surface area contributed by atoms with Crippen LogP contribution in [0.15, 0.2) is 36.5 Å². The van der Waals surface area contributed by atoms with Gasteiger partial charge in [-0.2, -0.15) is 4.39 Å². The predicted molar refractivity (Wildman–Crippen MR) is 88.8 cm³/mol. The maximum Gasteiger partial charge on any atom is 0.251 e. The van der Waals surface area contributed by atoms with Gasteiger partial charge in [-0.25, -0.2) is 4.98 Å². The number of carbonyl (C=O) groups is 1. The molecule has 0 aliphatic rings. The van der Waals surface area contributed by atoms with E-state index in [1.54, 1.807) is 7.11 Å². The molecule has 24 heavy (non-hydrogen) atoms. The number of unbranched alkanes of at least 4 members (excludes halogenated alkanes) is 1. The number of aromatic nitrogens is 1. The maximum atomic E-state index is 13.0. The standard InChI is InChI=1S/C18H21FN2O3/c1-3-4-9-24-15-6-5-13(10-16(15)23-2)12-21-18(22)14-7-8-20-17(19)11-14/h5-8,10-11H,3-4,9,12H2,1-2H3,(H,21,22). The van der Waals surface area contributed by atoms with Crippen LogP contribution in [0.2, 0.25) is 0 Å². The molecule has 0 saturated carbocycles. The van der Waals surface area contributed by atoms with E-state index in [4.69, 9.17) is 9.47 Å². The van der Waals surface area contributed by atoms with Gasteiger partial charge in [-0.3, -0.25) is 4.79 Å². The molecular weight excluding hydrogens is 311 g/mol. The molecule has 0 atom stereocenters. The van der Waals surface area contributed by atoms with Gasteiger partial charge < -0.3 is 14.8 Å². The molecule has 0 aliphatic heterocycles. The van der Waals surface area contributed by atoms with E-state index >= 15 is 0 Å². The van der Waals surface area contributed by atoms with E-state index in [2.05, 4.69) is 17.2 Å². The van der Waals surface area contributed by atoms with Gasteiger partial charge >= 0.3 is 0 Å². The number of hydrogen-bond donors (Lipinski definition) is 1. The third-order valence-corrected chi connectivity index (χ3v) is 3.43. The number of halogens is 1. The molecule has 6 heteroatoms. The summed E-state index contributed by atoms with van der Waals surface area (Å²) in [6.07, 6.45) is 3.29. The molecular formula is C18H21FN2O3. The fraction of sp³-hybridized carbons (Fsp3) is 0.333. The van der Waals surface area contributed by atoms with Crippen LogP contribution >= 0.6 is 0 Å². The number of hydrogen-bond acceptors (Lipinski definition) is 4. The Morgan fingerprint density at radius 1 is 1.25 bits per heavy atom. The Morgan fingerprint density at radius 3 is 2.79 bits per heavy atom. The van der Waals surface area contributed by atoms with E-state index in [0.29, 0.717) is 24.7 Å².